The molecular formula is C31H40N2O4Si. The molecule has 0 aromatic heterocycles. The Labute approximate surface area is 227 Å². The number of nitro groups is 1. The molecular weight excluding hydrogens is 492 g/mol. The van der Waals surface area contributed by atoms with E-state index in [0.29, 0.717) is 19.6 Å². The summed E-state index contributed by atoms with van der Waals surface area (Å²) in [5.41, 5.74) is 1.58. The molecule has 0 saturated heterocycles. The van der Waals surface area contributed by atoms with E-state index in [1.54, 1.807) is 12.1 Å². The summed E-state index contributed by atoms with van der Waals surface area (Å²) in [6.45, 7) is 14.4. The molecule has 0 saturated carbocycles. The van der Waals surface area contributed by atoms with Crippen molar-refractivity contribution in [3.8, 4) is 0 Å². The Morgan fingerprint density at radius 3 is 2.03 bits per heavy atom. The number of fused-ring (bicyclic) bond motifs is 1. The summed E-state index contributed by atoms with van der Waals surface area (Å²) in [5.74, 6) is 0. The van der Waals surface area contributed by atoms with Gasteiger partial charge in [-0.3, -0.25) is 10.1 Å². The molecule has 3 aromatic rings. The number of anilines is 1. The maximum absolute atomic E-state index is 11.4. The van der Waals surface area contributed by atoms with Gasteiger partial charge in [-0.15, -0.1) is 0 Å². The van der Waals surface area contributed by atoms with Gasteiger partial charge in [-0.2, -0.15) is 0 Å². The van der Waals surface area contributed by atoms with Crippen molar-refractivity contribution < 1.29 is 14.1 Å². The van der Waals surface area contributed by atoms with E-state index >= 15 is 0 Å². The summed E-state index contributed by atoms with van der Waals surface area (Å²) < 4.78 is 13.4. The Hall–Kier alpha value is -3.00. The minimum atomic E-state index is -2.68. The Morgan fingerprint density at radius 2 is 1.53 bits per heavy atom. The van der Waals surface area contributed by atoms with Crippen LogP contribution in [0.2, 0.25) is 5.04 Å². The molecule has 3 aromatic carbocycles. The first kappa shape index (κ1) is 28.0. The highest BCUT2D eigenvalue weighted by molar-refractivity contribution is 6.99. The van der Waals surface area contributed by atoms with Crippen LogP contribution in [0.3, 0.4) is 0 Å². The third kappa shape index (κ3) is 5.41. The number of hydrogen-bond donors (Lipinski definition) is 1. The lowest BCUT2D eigenvalue weighted by molar-refractivity contribution is -0.385. The van der Waals surface area contributed by atoms with E-state index in [9.17, 15) is 10.1 Å². The van der Waals surface area contributed by atoms with E-state index in [-0.39, 0.29) is 33.2 Å². The van der Waals surface area contributed by atoms with Crippen LogP contribution in [0.25, 0.3) is 0 Å². The van der Waals surface area contributed by atoms with Crippen molar-refractivity contribution in [2.75, 3.05) is 18.5 Å². The molecule has 0 bridgehead atoms. The van der Waals surface area contributed by atoms with Crippen molar-refractivity contribution in [1.29, 1.82) is 0 Å². The van der Waals surface area contributed by atoms with Crippen molar-refractivity contribution in [1.82, 2.24) is 0 Å². The van der Waals surface area contributed by atoms with Gasteiger partial charge in [0.2, 0.25) is 0 Å². The molecule has 7 heteroatoms. The minimum absolute atomic E-state index is 0.0613. The second-order valence-electron chi connectivity index (χ2n) is 11.8. The first-order valence-electron chi connectivity index (χ1n) is 13.4. The first-order chi connectivity index (χ1) is 18.0. The van der Waals surface area contributed by atoms with E-state index < -0.39 is 8.32 Å². The van der Waals surface area contributed by atoms with Crippen molar-refractivity contribution in [3.05, 3.63) is 94.5 Å². The Balaban J connectivity index is 1.69. The third-order valence-electron chi connectivity index (χ3n) is 7.76. The molecule has 0 amide bonds. The van der Waals surface area contributed by atoms with Crippen LogP contribution >= 0.6 is 0 Å². The molecule has 2 atom stereocenters. The van der Waals surface area contributed by atoms with Crippen LogP contribution in [-0.2, 0) is 9.16 Å². The number of benzene rings is 3. The summed E-state index contributed by atoms with van der Waals surface area (Å²) in [5, 5.41) is 17.5. The number of nitrogens with zero attached hydrogens (tertiary/aromatic N) is 1. The first-order valence-corrected chi connectivity index (χ1v) is 15.3. The van der Waals surface area contributed by atoms with Crippen molar-refractivity contribution >= 4 is 30.1 Å². The lowest BCUT2D eigenvalue weighted by Crippen LogP contribution is -2.67. The predicted octanol–water partition coefficient (Wildman–Crippen LogP) is 6.46. The maximum atomic E-state index is 11.4. The van der Waals surface area contributed by atoms with E-state index in [4.69, 9.17) is 9.16 Å². The smallest absolute Gasteiger partial charge is 0.269 e. The summed E-state index contributed by atoms with van der Waals surface area (Å²) in [6.07, 6.45) is 0.493. The molecule has 38 heavy (non-hydrogen) atoms. The summed E-state index contributed by atoms with van der Waals surface area (Å²) in [4.78, 5) is 11.1. The van der Waals surface area contributed by atoms with Crippen LogP contribution in [0.4, 0.5) is 11.4 Å². The number of ether oxygens (including phenoxy) is 1. The number of nitro benzene ring substituents is 1. The molecule has 0 spiro atoms. The van der Waals surface area contributed by atoms with Gasteiger partial charge in [0, 0.05) is 48.1 Å². The Bertz CT molecular complexity index is 1200. The minimum Gasteiger partial charge on any atom is -0.407 e. The van der Waals surface area contributed by atoms with Crippen molar-refractivity contribution in [2.45, 2.75) is 65.1 Å². The predicted molar refractivity (Wildman–Crippen MR) is 157 cm³/mol. The molecule has 6 nitrogen and oxygen atoms in total. The zero-order valence-electron chi connectivity index (χ0n) is 23.4. The van der Waals surface area contributed by atoms with Gasteiger partial charge in [0.15, 0.2) is 0 Å². The molecule has 1 heterocycles. The van der Waals surface area contributed by atoms with Crippen LogP contribution in [0, 0.1) is 15.5 Å². The van der Waals surface area contributed by atoms with Crippen LogP contribution in [-0.4, -0.2) is 32.5 Å². The SMILES string of the molecule is CCOC1CC(C(C)(C)CO[Si](c2ccccc2)(c2ccccc2)C(C)(C)C)Nc2ccc([N+](=O)[O-])cc21. The number of rotatable bonds is 9. The van der Waals surface area contributed by atoms with Gasteiger partial charge >= 0.3 is 0 Å². The lowest BCUT2D eigenvalue weighted by atomic mass is 9.78. The second kappa shape index (κ2) is 11.0. The van der Waals surface area contributed by atoms with Crippen LogP contribution in [0.1, 0.15) is 59.6 Å². The molecule has 0 aliphatic carbocycles. The van der Waals surface area contributed by atoms with Gasteiger partial charge in [0.1, 0.15) is 0 Å². The molecule has 1 N–H and O–H groups in total. The number of non-ortho nitro benzene ring substituents is 1. The largest absolute Gasteiger partial charge is 0.407 e. The maximum Gasteiger partial charge on any atom is 0.269 e. The van der Waals surface area contributed by atoms with Crippen LogP contribution in [0.15, 0.2) is 78.9 Å². The van der Waals surface area contributed by atoms with Gasteiger partial charge in [0.05, 0.1) is 11.0 Å². The number of hydrogen-bond acceptors (Lipinski definition) is 5. The molecule has 1 aliphatic heterocycles. The highest BCUT2D eigenvalue weighted by Gasteiger charge is 2.51. The Morgan fingerprint density at radius 1 is 0.947 bits per heavy atom. The average molecular weight is 533 g/mol. The van der Waals surface area contributed by atoms with Crippen LogP contribution in [0.5, 0.6) is 0 Å². The summed E-state index contributed by atoms with van der Waals surface area (Å²) in [6, 6.07) is 26.5. The topological polar surface area (TPSA) is 73.6 Å². The highest BCUT2D eigenvalue weighted by Crippen LogP contribution is 2.43. The van der Waals surface area contributed by atoms with Crippen LogP contribution < -0.4 is 15.7 Å². The average Bonchev–Trinajstić information content (AvgIpc) is 2.89. The summed E-state index contributed by atoms with van der Waals surface area (Å²) >= 11 is 0. The molecule has 1 aliphatic rings. The van der Waals surface area contributed by atoms with Crippen molar-refractivity contribution in [2.24, 2.45) is 5.41 Å². The van der Waals surface area contributed by atoms with Gasteiger partial charge < -0.3 is 14.5 Å². The summed E-state index contributed by atoms with van der Waals surface area (Å²) in [7, 11) is -2.68. The fourth-order valence-electron chi connectivity index (χ4n) is 5.68. The zero-order chi connectivity index (χ0) is 27.6. The van der Waals surface area contributed by atoms with Crippen molar-refractivity contribution in [3.63, 3.8) is 0 Å². The monoisotopic (exact) mass is 532 g/mol. The van der Waals surface area contributed by atoms with Gasteiger partial charge in [-0.25, -0.2) is 0 Å². The molecule has 0 radical (unpaired) electrons. The van der Waals surface area contributed by atoms with Gasteiger partial charge in [-0.05, 0) is 34.8 Å². The normalized spacial score (nSPS) is 17.9. The fourth-order valence-corrected chi connectivity index (χ4v) is 10.4. The standard InChI is InChI=1S/C31H40N2O4Si/c1-7-36-28-21-29(32-27-19-18-23(33(34)35)20-26(27)28)31(5,6)22-37-38(30(2,3)4,24-14-10-8-11-15-24)25-16-12-9-13-17-25/h8-20,28-29,32H,7,21-22H2,1-6H3. The van der Waals surface area contributed by atoms with E-state index in [1.807, 2.05) is 13.0 Å². The van der Waals surface area contributed by atoms with E-state index in [2.05, 4.69) is 101 Å². The van der Waals surface area contributed by atoms with Gasteiger partial charge in [-0.1, -0.05) is 95.3 Å². The molecule has 4 rings (SSSR count). The fraction of sp³-hybridized carbons (Fsp3) is 0.419. The molecule has 202 valence electrons. The van der Waals surface area contributed by atoms with E-state index in [0.717, 1.165) is 11.3 Å². The second-order valence-corrected chi connectivity index (χ2v) is 16.2. The Kier molecular flexibility index (Phi) is 8.11. The highest BCUT2D eigenvalue weighted by atomic mass is 28.4. The quantitative estimate of drug-likeness (QED) is 0.194. The number of nitrogens with one attached hydrogen (secondary N) is 1. The third-order valence-corrected chi connectivity index (χ3v) is 12.7. The van der Waals surface area contributed by atoms with E-state index in [1.165, 1.54) is 10.4 Å². The zero-order valence-corrected chi connectivity index (χ0v) is 24.4. The molecule has 2 unspecified atom stereocenters. The molecule has 0 fully saturated rings. The van der Waals surface area contributed by atoms with Gasteiger partial charge in [0.25, 0.3) is 14.0 Å². The lowest BCUT2D eigenvalue weighted by Gasteiger charge is -2.47.